The monoisotopic (exact) mass is 249 g/mol. The molecule has 0 aliphatic heterocycles. The first-order valence-electron chi connectivity index (χ1n) is 6.78. The maximum absolute atomic E-state index is 9.52. The van der Waals surface area contributed by atoms with Gasteiger partial charge in [0.2, 0.25) is 0 Å². The van der Waals surface area contributed by atoms with Crippen molar-refractivity contribution < 1.29 is 9.84 Å². The van der Waals surface area contributed by atoms with Crippen LogP contribution in [-0.2, 0) is 4.74 Å². The zero-order valence-corrected chi connectivity index (χ0v) is 11.0. The largest absolute Gasteiger partial charge is 0.394 e. The number of hydrogen-bond acceptors (Lipinski definition) is 3. The summed E-state index contributed by atoms with van der Waals surface area (Å²) < 4.78 is 5.38. The smallest absolute Gasteiger partial charge is 0.0626 e. The van der Waals surface area contributed by atoms with E-state index in [1.165, 1.54) is 0 Å². The topological polar surface area (TPSA) is 41.5 Å². The van der Waals surface area contributed by atoms with Gasteiger partial charge in [-0.2, -0.15) is 0 Å². The number of rotatable bonds is 5. The molecule has 2 rings (SSSR count). The summed E-state index contributed by atoms with van der Waals surface area (Å²) in [6.45, 7) is 0.147. The lowest BCUT2D eigenvalue weighted by molar-refractivity contribution is 0.0597. The zero-order chi connectivity index (χ0) is 12.8. The first-order chi connectivity index (χ1) is 8.83. The fourth-order valence-electron chi connectivity index (χ4n) is 2.69. The predicted molar refractivity (Wildman–Crippen MR) is 72.5 cm³/mol. The first-order valence-corrected chi connectivity index (χ1v) is 6.78. The van der Waals surface area contributed by atoms with Crippen molar-refractivity contribution in [1.82, 2.24) is 5.32 Å². The molecule has 1 aliphatic rings. The Kier molecular flexibility index (Phi) is 5.17. The van der Waals surface area contributed by atoms with Crippen LogP contribution < -0.4 is 5.32 Å². The Morgan fingerprint density at radius 2 is 1.89 bits per heavy atom. The number of ether oxygens (including phenoxy) is 1. The van der Waals surface area contributed by atoms with Crippen LogP contribution in [-0.4, -0.2) is 31.0 Å². The summed E-state index contributed by atoms with van der Waals surface area (Å²) in [5, 5.41) is 13.1. The van der Waals surface area contributed by atoms with Gasteiger partial charge in [-0.05, 0) is 31.2 Å². The molecule has 1 fully saturated rings. The Balaban J connectivity index is 1.88. The molecular formula is C15H23NO2. The first kappa shape index (κ1) is 13.5. The molecule has 1 aliphatic carbocycles. The SMILES string of the molecule is COC1CCC(NC(CO)c2ccccc2)CC1. The Morgan fingerprint density at radius 1 is 1.22 bits per heavy atom. The normalized spacial score (nSPS) is 25.9. The Hall–Kier alpha value is -0.900. The van der Waals surface area contributed by atoms with Gasteiger partial charge in [-0.1, -0.05) is 30.3 Å². The molecular weight excluding hydrogens is 226 g/mol. The molecule has 1 aromatic carbocycles. The minimum Gasteiger partial charge on any atom is -0.394 e. The van der Waals surface area contributed by atoms with E-state index in [0.717, 1.165) is 31.2 Å². The molecule has 100 valence electrons. The van der Waals surface area contributed by atoms with Gasteiger partial charge in [-0.15, -0.1) is 0 Å². The minimum atomic E-state index is 0.0512. The molecule has 1 unspecified atom stereocenters. The van der Waals surface area contributed by atoms with E-state index in [4.69, 9.17) is 4.74 Å². The van der Waals surface area contributed by atoms with Crippen LogP contribution >= 0.6 is 0 Å². The molecule has 1 saturated carbocycles. The highest BCUT2D eigenvalue weighted by atomic mass is 16.5. The lowest BCUT2D eigenvalue weighted by Gasteiger charge is -2.31. The number of hydrogen-bond donors (Lipinski definition) is 2. The van der Waals surface area contributed by atoms with Crippen molar-refractivity contribution in [2.24, 2.45) is 0 Å². The standard InChI is InChI=1S/C15H23NO2/c1-18-14-9-7-13(8-10-14)16-15(11-17)12-5-3-2-4-6-12/h2-6,13-17H,7-11H2,1H3. The molecule has 0 saturated heterocycles. The summed E-state index contributed by atoms with van der Waals surface area (Å²) in [7, 11) is 1.79. The van der Waals surface area contributed by atoms with Crippen LogP contribution in [0.15, 0.2) is 30.3 Å². The Bertz CT molecular complexity index is 334. The van der Waals surface area contributed by atoms with Gasteiger partial charge >= 0.3 is 0 Å². The van der Waals surface area contributed by atoms with Crippen LogP contribution in [0.4, 0.5) is 0 Å². The van der Waals surface area contributed by atoms with E-state index in [1.807, 2.05) is 18.2 Å². The van der Waals surface area contributed by atoms with Crippen LogP contribution in [0.5, 0.6) is 0 Å². The number of aliphatic hydroxyl groups excluding tert-OH is 1. The van der Waals surface area contributed by atoms with Crippen LogP contribution in [0.25, 0.3) is 0 Å². The third-order valence-corrected chi connectivity index (χ3v) is 3.83. The molecule has 0 radical (unpaired) electrons. The lowest BCUT2D eigenvalue weighted by Crippen LogP contribution is -2.38. The quantitative estimate of drug-likeness (QED) is 0.841. The van der Waals surface area contributed by atoms with Crippen LogP contribution in [0, 0.1) is 0 Å². The van der Waals surface area contributed by atoms with Crippen molar-refractivity contribution >= 4 is 0 Å². The Morgan fingerprint density at radius 3 is 2.44 bits per heavy atom. The van der Waals surface area contributed by atoms with Gasteiger partial charge in [0, 0.05) is 13.2 Å². The van der Waals surface area contributed by atoms with Gasteiger partial charge in [0.15, 0.2) is 0 Å². The average Bonchev–Trinajstić information content (AvgIpc) is 2.46. The summed E-state index contributed by atoms with van der Waals surface area (Å²) >= 11 is 0. The highest BCUT2D eigenvalue weighted by molar-refractivity contribution is 5.19. The highest BCUT2D eigenvalue weighted by Gasteiger charge is 2.23. The van der Waals surface area contributed by atoms with Gasteiger partial charge in [0.25, 0.3) is 0 Å². The third kappa shape index (κ3) is 3.55. The summed E-state index contributed by atoms with van der Waals surface area (Å²) in [5.74, 6) is 0. The maximum Gasteiger partial charge on any atom is 0.0626 e. The molecule has 2 N–H and O–H groups in total. The predicted octanol–water partition coefficient (Wildman–Crippen LogP) is 2.27. The van der Waals surface area contributed by atoms with E-state index in [1.54, 1.807) is 7.11 Å². The van der Waals surface area contributed by atoms with E-state index in [-0.39, 0.29) is 12.6 Å². The van der Waals surface area contributed by atoms with Crippen molar-refractivity contribution in [3.05, 3.63) is 35.9 Å². The van der Waals surface area contributed by atoms with Crippen LogP contribution in [0.3, 0.4) is 0 Å². The molecule has 0 aromatic heterocycles. The molecule has 3 heteroatoms. The fourth-order valence-corrected chi connectivity index (χ4v) is 2.69. The minimum absolute atomic E-state index is 0.0512. The van der Waals surface area contributed by atoms with Gasteiger partial charge in [0.1, 0.15) is 0 Å². The summed E-state index contributed by atoms with van der Waals surface area (Å²) in [5.41, 5.74) is 1.16. The second-order valence-electron chi connectivity index (χ2n) is 5.02. The Labute approximate surface area is 109 Å². The second-order valence-corrected chi connectivity index (χ2v) is 5.02. The highest BCUT2D eigenvalue weighted by Crippen LogP contribution is 2.23. The van der Waals surface area contributed by atoms with Gasteiger partial charge in [-0.3, -0.25) is 0 Å². The lowest BCUT2D eigenvalue weighted by atomic mass is 9.92. The molecule has 0 spiro atoms. The molecule has 18 heavy (non-hydrogen) atoms. The summed E-state index contributed by atoms with van der Waals surface area (Å²) in [6.07, 6.45) is 4.90. The number of benzene rings is 1. The summed E-state index contributed by atoms with van der Waals surface area (Å²) in [4.78, 5) is 0. The van der Waals surface area contributed by atoms with Crippen molar-refractivity contribution in [2.75, 3.05) is 13.7 Å². The van der Waals surface area contributed by atoms with Crippen molar-refractivity contribution in [3.63, 3.8) is 0 Å². The van der Waals surface area contributed by atoms with E-state index >= 15 is 0 Å². The maximum atomic E-state index is 9.52. The number of aliphatic hydroxyl groups is 1. The van der Waals surface area contributed by atoms with Gasteiger partial charge in [0.05, 0.1) is 18.8 Å². The molecule has 0 heterocycles. The number of nitrogens with one attached hydrogen (secondary N) is 1. The van der Waals surface area contributed by atoms with Gasteiger partial charge in [-0.25, -0.2) is 0 Å². The van der Waals surface area contributed by atoms with E-state index < -0.39 is 0 Å². The molecule has 3 nitrogen and oxygen atoms in total. The second kappa shape index (κ2) is 6.88. The molecule has 0 amide bonds. The fraction of sp³-hybridized carbons (Fsp3) is 0.600. The average molecular weight is 249 g/mol. The molecule has 1 atom stereocenters. The van der Waals surface area contributed by atoms with Crippen molar-refractivity contribution in [3.8, 4) is 0 Å². The van der Waals surface area contributed by atoms with Crippen LogP contribution in [0.1, 0.15) is 37.3 Å². The zero-order valence-electron chi connectivity index (χ0n) is 11.0. The van der Waals surface area contributed by atoms with E-state index in [2.05, 4.69) is 17.4 Å². The van der Waals surface area contributed by atoms with Gasteiger partial charge < -0.3 is 15.2 Å². The van der Waals surface area contributed by atoms with Crippen LogP contribution in [0.2, 0.25) is 0 Å². The summed E-state index contributed by atoms with van der Waals surface area (Å²) in [6, 6.07) is 10.7. The van der Waals surface area contributed by atoms with Crippen molar-refractivity contribution in [1.29, 1.82) is 0 Å². The molecule has 0 bridgehead atoms. The molecule has 1 aromatic rings. The number of methoxy groups -OCH3 is 1. The van der Waals surface area contributed by atoms with E-state index in [9.17, 15) is 5.11 Å². The van der Waals surface area contributed by atoms with E-state index in [0.29, 0.717) is 12.1 Å². The third-order valence-electron chi connectivity index (χ3n) is 3.83. The van der Waals surface area contributed by atoms with Crippen molar-refractivity contribution in [2.45, 2.75) is 43.9 Å².